The fourth-order valence-electron chi connectivity index (χ4n) is 4.52. The van der Waals surface area contributed by atoms with Crippen molar-refractivity contribution in [2.75, 3.05) is 13.2 Å². The summed E-state index contributed by atoms with van der Waals surface area (Å²) >= 11 is 0. The number of fused-ring (bicyclic) bond motifs is 4. The maximum atomic E-state index is 13.6. The molecular formula is C24H26N2O4. The van der Waals surface area contributed by atoms with Crippen LogP contribution in [-0.2, 0) is 19.0 Å². The van der Waals surface area contributed by atoms with Gasteiger partial charge in [0.25, 0.3) is 0 Å². The Labute approximate surface area is 175 Å². The van der Waals surface area contributed by atoms with Gasteiger partial charge in [-0.1, -0.05) is 32.0 Å². The van der Waals surface area contributed by atoms with Crippen LogP contribution < -0.4 is 4.74 Å². The summed E-state index contributed by atoms with van der Waals surface area (Å²) < 4.78 is 7.69. The fraction of sp³-hybridized carbons (Fsp3) is 0.333. The molecule has 0 radical (unpaired) electrons. The summed E-state index contributed by atoms with van der Waals surface area (Å²) in [5.41, 5.74) is 4.92. The molecule has 6 nitrogen and oxygen atoms in total. The predicted octanol–water partition coefficient (Wildman–Crippen LogP) is 2.98. The normalized spacial score (nSPS) is 15.6. The van der Waals surface area contributed by atoms with Gasteiger partial charge in [-0.2, -0.15) is 0 Å². The van der Waals surface area contributed by atoms with Crippen LogP contribution in [0.1, 0.15) is 46.6 Å². The van der Waals surface area contributed by atoms with Crippen molar-refractivity contribution in [3.63, 3.8) is 0 Å². The molecule has 1 aromatic heterocycles. The van der Waals surface area contributed by atoms with Crippen molar-refractivity contribution in [3.8, 4) is 5.75 Å². The van der Waals surface area contributed by atoms with Gasteiger partial charge in [-0.25, -0.2) is 0 Å². The quantitative estimate of drug-likeness (QED) is 0.617. The van der Waals surface area contributed by atoms with Crippen molar-refractivity contribution in [2.24, 2.45) is 12.0 Å². The average molecular weight is 406 g/mol. The third-order valence-corrected chi connectivity index (χ3v) is 5.94. The Morgan fingerprint density at radius 2 is 2.00 bits per heavy atom. The van der Waals surface area contributed by atoms with E-state index >= 15 is 0 Å². The van der Waals surface area contributed by atoms with E-state index < -0.39 is 6.10 Å². The van der Waals surface area contributed by atoms with Gasteiger partial charge in [0, 0.05) is 34.6 Å². The predicted molar refractivity (Wildman–Crippen MR) is 117 cm³/mol. The first kappa shape index (κ1) is 20.3. The highest BCUT2D eigenvalue weighted by atomic mass is 16.5. The first-order chi connectivity index (χ1) is 14.3. The highest BCUT2D eigenvalue weighted by Gasteiger charge is 2.41. The molecule has 2 N–H and O–H groups in total. The number of benzene rings is 2. The minimum Gasteiger partial charge on any atom is -0.491 e. The molecule has 3 aromatic rings. The lowest BCUT2D eigenvalue weighted by atomic mass is 9.71. The molecular weight excluding hydrogens is 380 g/mol. The Kier molecular flexibility index (Phi) is 5.00. The SMILES string of the molecule is C=NCc1ccc2c3c(n(C)c2c1)C(C)(C)c1ccc(OC[C@H](O)CO)cc1C3=O. The summed E-state index contributed by atoms with van der Waals surface area (Å²) in [6.45, 7) is 7.94. The molecule has 0 aliphatic heterocycles. The molecule has 0 unspecified atom stereocenters. The number of rotatable bonds is 6. The summed E-state index contributed by atoms with van der Waals surface area (Å²) in [4.78, 5) is 17.6. The molecule has 2 aromatic carbocycles. The molecule has 0 saturated heterocycles. The lowest BCUT2D eigenvalue weighted by Crippen LogP contribution is -2.32. The second-order valence-corrected chi connectivity index (χ2v) is 8.32. The van der Waals surface area contributed by atoms with Crippen molar-refractivity contribution in [3.05, 3.63) is 64.3 Å². The molecule has 0 fully saturated rings. The third kappa shape index (κ3) is 3.04. The molecule has 4 rings (SSSR count). The standard InChI is InChI=1S/C24H26N2O4/c1-24(2)19-8-6-16(30-13-15(28)12-27)10-18(19)22(29)21-17-7-5-14(11-25-3)9-20(17)26(4)23(21)24/h5-10,15,27-28H,3,11-13H2,1-2,4H3/t15-/m1/s1. The molecule has 0 saturated carbocycles. The van der Waals surface area contributed by atoms with E-state index in [1.165, 1.54) is 0 Å². The van der Waals surface area contributed by atoms with E-state index in [9.17, 15) is 9.90 Å². The molecule has 30 heavy (non-hydrogen) atoms. The number of nitrogens with zero attached hydrogens (tertiary/aromatic N) is 2. The Morgan fingerprint density at radius 3 is 2.70 bits per heavy atom. The van der Waals surface area contributed by atoms with Gasteiger partial charge in [0.1, 0.15) is 18.5 Å². The van der Waals surface area contributed by atoms with E-state index in [4.69, 9.17) is 9.84 Å². The van der Waals surface area contributed by atoms with Crippen LogP contribution in [0, 0.1) is 0 Å². The topological polar surface area (TPSA) is 84.1 Å². The summed E-state index contributed by atoms with van der Waals surface area (Å²) in [5, 5.41) is 19.5. The van der Waals surface area contributed by atoms with E-state index in [1.807, 2.05) is 25.2 Å². The van der Waals surface area contributed by atoms with E-state index in [0.29, 0.717) is 17.9 Å². The van der Waals surface area contributed by atoms with Gasteiger partial charge in [0.15, 0.2) is 5.78 Å². The van der Waals surface area contributed by atoms with Gasteiger partial charge in [0.05, 0.1) is 18.7 Å². The van der Waals surface area contributed by atoms with Crippen LogP contribution in [0.25, 0.3) is 10.9 Å². The average Bonchev–Trinajstić information content (AvgIpc) is 3.03. The number of hydrogen-bond donors (Lipinski definition) is 2. The summed E-state index contributed by atoms with van der Waals surface area (Å²) in [7, 11) is 2.00. The first-order valence-corrected chi connectivity index (χ1v) is 9.94. The minimum absolute atomic E-state index is 0.0346. The van der Waals surface area contributed by atoms with Crippen molar-refractivity contribution in [2.45, 2.75) is 31.9 Å². The number of carbonyl (C=O) groups excluding carboxylic acids is 1. The highest BCUT2D eigenvalue weighted by Crippen LogP contribution is 2.45. The van der Waals surface area contributed by atoms with Crippen LogP contribution in [0.4, 0.5) is 0 Å². The molecule has 0 bridgehead atoms. The molecule has 1 aliphatic carbocycles. The van der Waals surface area contributed by atoms with Gasteiger partial charge in [-0.3, -0.25) is 9.79 Å². The van der Waals surface area contributed by atoms with Crippen LogP contribution in [0.15, 0.2) is 41.4 Å². The fourth-order valence-corrected chi connectivity index (χ4v) is 4.52. The number of aliphatic hydroxyl groups is 2. The zero-order valence-electron chi connectivity index (χ0n) is 17.5. The molecule has 1 heterocycles. The van der Waals surface area contributed by atoms with Crippen LogP contribution >= 0.6 is 0 Å². The van der Waals surface area contributed by atoms with Gasteiger partial charge >= 0.3 is 0 Å². The summed E-state index contributed by atoms with van der Waals surface area (Å²) in [6, 6.07) is 11.5. The zero-order chi connectivity index (χ0) is 21.6. The van der Waals surface area contributed by atoms with E-state index in [-0.39, 0.29) is 24.4 Å². The molecule has 0 spiro atoms. The molecule has 1 atom stereocenters. The van der Waals surface area contributed by atoms with Gasteiger partial charge in [-0.15, -0.1) is 0 Å². The van der Waals surface area contributed by atoms with Gasteiger partial charge < -0.3 is 19.5 Å². The lowest BCUT2D eigenvalue weighted by molar-refractivity contribution is 0.0535. The van der Waals surface area contributed by atoms with Crippen LogP contribution in [0.3, 0.4) is 0 Å². The third-order valence-electron chi connectivity index (χ3n) is 5.94. The number of carbonyl (C=O) groups is 1. The van der Waals surface area contributed by atoms with Crippen molar-refractivity contribution in [1.29, 1.82) is 0 Å². The van der Waals surface area contributed by atoms with Crippen molar-refractivity contribution in [1.82, 2.24) is 4.57 Å². The number of aromatic nitrogens is 1. The molecule has 6 heteroatoms. The first-order valence-electron chi connectivity index (χ1n) is 9.94. The van der Waals surface area contributed by atoms with E-state index in [0.717, 1.165) is 33.3 Å². The number of aryl methyl sites for hydroxylation is 1. The van der Waals surface area contributed by atoms with E-state index in [1.54, 1.807) is 12.1 Å². The van der Waals surface area contributed by atoms with Crippen molar-refractivity contribution < 1.29 is 19.7 Å². The smallest absolute Gasteiger partial charge is 0.195 e. The number of ether oxygens (including phenoxy) is 1. The second-order valence-electron chi connectivity index (χ2n) is 8.32. The second kappa shape index (κ2) is 7.38. The Morgan fingerprint density at radius 1 is 1.23 bits per heavy atom. The molecule has 1 aliphatic rings. The monoisotopic (exact) mass is 406 g/mol. The number of aliphatic imine (C=N–C) groups is 1. The maximum absolute atomic E-state index is 13.6. The number of ketones is 1. The lowest BCUT2D eigenvalue weighted by Gasteiger charge is -2.33. The summed E-state index contributed by atoms with van der Waals surface area (Å²) in [5.74, 6) is 0.459. The highest BCUT2D eigenvalue weighted by molar-refractivity contribution is 6.20. The van der Waals surface area contributed by atoms with Gasteiger partial charge in [-0.05, 0) is 36.0 Å². The minimum atomic E-state index is -0.961. The Hall–Kier alpha value is -2.96. The van der Waals surface area contributed by atoms with Crippen molar-refractivity contribution >= 4 is 23.4 Å². The maximum Gasteiger partial charge on any atom is 0.195 e. The van der Waals surface area contributed by atoms with E-state index in [2.05, 4.69) is 36.2 Å². The van der Waals surface area contributed by atoms with Gasteiger partial charge in [0.2, 0.25) is 0 Å². The molecule has 0 amide bonds. The van der Waals surface area contributed by atoms with Crippen LogP contribution in [0.5, 0.6) is 5.75 Å². The Bertz CT molecular complexity index is 1160. The number of hydrogen-bond acceptors (Lipinski definition) is 5. The van der Waals surface area contributed by atoms with Crippen LogP contribution in [0.2, 0.25) is 0 Å². The molecule has 156 valence electrons. The number of aliphatic hydroxyl groups excluding tert-OH is 2. The zero-order valence-corrected chi connectivity index (χ0v) is 17.5. The largest absolute Gasteiger partial charge is 0.491 e. The van der Waals surface area contributed by atoms with Crippen LogP contribution in [-0.4, -0.2) is 46.6 Å². The summed E-state index contributed by atoms with van der Waals surface area (Å²) in [6.07, 6.45) is -0.961. The Balaban J connectivity index is 1.86.